The minimum absolute atomic E-state index is 0. The van der Waals surface area contributed by atoms with Gasteiger partial charge in [-0.2, -0.15) is 8.78 Å². The van der Waals surface area contributed by atoms with Gasteiger partial charge in [-0.3, -0.25) is 24.5 Å². The van der Waals surface area contributed by atoms with Crippen molar-refractivity contribution in [1.82, 2.24) is 0 Å². The molecule has 0 atom stereocenters. The monoisotopic (exact) mass is 1250 g/mol. The molecule has 0 aliphatic heterocycles. The van der Waals surface area contributed by atoms with Crippen molar-refractivity contribution in [3.63, 3.8) is 0 Å². The molecule has 0 bridgehead atoms. The zero-order valence-corrected chi connectivity index (χ0v) is 62.9. The normalized spacial score (nSPS) is 6.38. The average molecular weight is 1250 g/mol. The average Bonchev–Trinajstić information content (AvgIpc) is 3.42. The number of rotatable bonds is 2. The third kappa shape index (κ3) is 3590. The van der Waals surface area contributed by atoms with Gasteiger partial charge in [0.25, 0.3) is 5.97 Å². The van der Waals surface area contributed by atoms with Gasteiger partial charge in [-0.1, -0.05) is 174 Å². The minimum atomic E-state index is -2.96. The standard InChI is InChI=1S/C5H8O.C4H10.2C4H8.C3H6F2O.C3H6O2.C3H6OS.C3H8.C2H4O2.C2H4O.7C2H6.3CH5BO2.CH3F.CH4O.BHNS.Na.H2O2.H2O/c1-4-5(2,3)6;3*1-3-4-2;1-3(4,5)6-2;1-3(4)5-2;1-3(5)4-2;1-3-2;1-2(3)4;1-2-3;7*1-2;3*1-2(3)4;2*1-2;1-2-3;;1-2;/h1,6H,2-3H3;3-4H2,1-2H3;2*3-4H,1-2H3;1-2H3;2*1-2H3;3H2,1-2H3;1H3,(H,3,4);2H,1H3;7*1-2H3;3*3-4H,1H3;1H3;2H,1H3;3H;;1-2H;1H2/q;;;;;;;;;;;;;;;;;;;;;;;+1;;/p-1. The van der Waals surface area contributed by atoms with E-state index in [1.807, 2.05) is 149 Å². The Morgan fingerprint density at radius 1 is 0.642 bits per heavy atom. The number of thiocarbonyl (C=S) groups is 1. The van der Waals surface area contributed by atoms with Gasteiger partial charge < -0.3 is 69.9 Å². The second-order valence-electron chi connectivity index (χ2n) is 9.91. The van der Waals surface area contributed by atoms with Gasteiger partial charge in [0, 0.05) is 41.9 Å². The van der Waals surface area contributed by atoms with E-state index in [2.05, 4.69) is 84.8 Å². The van der Waals surface area contributed by atoms with E-state index in [0.29, 0.717) is 19.2 Å². The summed E-state index contributed by atoms with van der Waals surface area (Å²) in [5.41, 5.74) is -0.931. The number of methoxy groups -OCH3 is 3. The van der Waals surface area contributed by atoms with E-state index < -0.39 is 39.0 Å². The molecule has 0 aliphatic carbocycles. The van der Waals surface area contributed by atoms with Crippen LogP contribution in [0.5, 0.6) is 0 Å². The van der Waals surface area contributed by atoms with Crippen LogP contribution in [0.1, 0.15) is 220 Å². The molecule has 0 rings (SSSR count). The van der Waals surface area contributed by atoms with Crippen molar-refractivity contribution < 1.29 is 133 Å². The summed E-state index contributed by atoms with van der Waals surface area (Å²) in [5.74, 6) is 1.08. The second-order valence-corrected chi connectivity index (χ2v) is 10.7. The summed E-state index contributed by atoms with van der Waals surface area (Å²) in [5, 5.41) is 81.3. The molecule has 29 heteroatoms. The molecule has 0 saturated carbocycles. The maximum atomic E-state index is 11.2. The van der Waals surface area contributed by atoms with E-state index in [-0.39, 0.29) is 41.0 Å². The molecule has 503 valence electrons. The van der Waals surface area contributed by atoms with Crippen LogP contribution in [-0.2, 0) is 28.6 Å². The number of terminal acetylenes is 1. The van der Waals surface area contributed by atoms with Crippen molar-refractivity contribution in [2.75, 3.05) is 35.6 Å². The summed E-state index contributed by atoms with van der Waals surface area (Å²) in [6.45, 7) is 57.9. The van der Waals surface area contributed by atoms with Crippen LogP contribution in [0.15, 0.2) is 28.6 Å². The van der Waals surface area contributed by atoms with Crippen LogP contribution in [0.4, 0.5) is 13.2 Å². The molecule has 0 amide bonds. The van der Waals surface area contributed by atoms with Crippen LogP contribution in [0.25, 0.3) is 0 Å². The van der Waals surface area contributed by atoms with Crippen LogP contribution in [0, 0.1) is 12.3 Å². The number of alkyl halides is 3. The van der Waals surface area contributed by atoms with Crippen LogP contribution in [0.3, 0.4) is 0 Å². The number of unbranched alkanes of at least 4 members (excludes halogenated alkanes) is 1. The van der Waals surface area contributed by atoms with Crippen molar-refractivity contribution in [2.45, 2.75) is 252 Å². The molecule has 81 heavy (non-hydrogen) atoms. The van der Waals surface area contributed by atoms with Crippen molar-refractivity contribution in [3.05, 3.63) is 24.3 Å². The number of hydrogen-bond donors (Lipinski definition) is 12. The molecule has 0 aliphatic rings. The van der Waals surface area contributed by atoms with Gasteiger partial charge in [0.1, 0.15) is 11.9 Å². The molecule has 1 radical (unpaired) electrons. The second kappa shape index (κ2) is 274. The molecule has 0 saturated heterocycles. The Labute approximate surface area is 535 Å². The number of thiol groups is 1. The van der Waals surface area contributed by atoms with Crippen molar-refractivity contribution in [3.8, 4) is 12.3 Å². The van der Waals surface area contributed by atoms with E-state index >= 15 is 0 Å². The van der Waals surface area contributed by atoms with Crippen molar-refractivity contribution in [2.24, 2.45) is 4.30 Å². The Morgan fingerprint density at radius 3 is 0.716 bits per heavy atom. The maximum Gasteiger partial charge on any atom is 1.00 e. The Morgan fingerprint density at radius 2 is 0.716 bits per heavy atom. The summed E-state index contributed by atoms with van der Waals surface area (Å²) < 4.78 is 46.8. The number of aliphatic hydroxyl groups excluding tert-OH is 1. The van der Waals surface area contributed by atoms with Crippen LogP contribution >= 0.6 is 25.0 Å². The van der Waals surface area contributed by atoms with Crippen LogP contribution < -0.4 is 29.6 Å². The third-order valence-corrected chi connectivity index (χ3v) is 2.62. The molecular weight excluding hydrogens is 1110 g/mol. The summed E-state index contributed by atoms with van der Waals surface area (Å²) in [6.07, 6.45) is 14.5. The number of aliphatic carboxylic acids is 1. The first-order valence-corrected chi connectivity index (χ1v) is 26.5. The molecule has 12 N–H and O–H groups in total. The summed E-state index contributed by atoms with van der Waals surface area (Å²) >= 11 is 7.67. The fraction of sp³-hybridized carbons (Fsp3) is 0.808. The van der Waals surface area contributed by atoms with Crippen molar-refractivity contribution >= 4 is 77.3 Å². The number of carbonyl (C=O) groups is 3. The van der Waals surface area contributed by atoms with Gasteiger partial charge in [0.15, 0.2) is 5.05 Å². The van der Waals surface area contributed by atoms with Gasteiger partial charge in [-0.15, -0.1) is 6.42 Å². The molecule has 0 spiro atoms. The number of aldehydes is 1. The van der Waals surface area contributed by atoms with E-state index in [1.54, 1.807) is 27.9 Å². The Balaban J connectivity index is -0.0000000164. The minimum Gasteiger partial charge on any atom is -0.870 e. The first-order chi connectivity index (χ1) is 36.6. The summed E-state index contributed by atoms with van der Waals surface area (Å²) in [6, 6.07) is 0. The molecule has 19 nitrogen and oxygen atoms in total. The van der Waals surface area contributed by atoms with Crippen LogP contribution in [0.2, 0.25) is 20.5 Å². The largest absolute Gasteiger partial charge is 1.00 e. The van der Waals surface area contributed by atoms with Crippen LogP contribution in [-0.4, -0.2) is 161 Å². The third-order valence-electron chi connectivity index (χ3n) is 2.45. The fourth-order valence-electron chi connectivity index (χ4n) is 0. The van der Waals surface area contributed by atoms with Gasteiger partial charge in [0.2, 0.25) is 0 Å². The Kier molecular flexibility index (Phi) is 580. The van der Waals surface area contributed by atoms with E-state index in [0.717, 1.165) is 27.4 Å². The molecule has 0 heterocycles. The molecular formula is C52H136B4F3NNaO18S2. The Bertz CT molecular complexity index is 815. The number of ether oxygens (including phenoxy) is 3. The summed E-state index contributed by atoms with van der Waals surface area (Å²) in [7, 11) is 6.20. The Hall–Kier alpha value is -1.74. The first kappa shape index (κ1) is 171. The molecule has 0 aromatic rings. The maximum absolute atomic E-state index is 11.2. The van der Waals surface area contributed by atoms with Gasteiger partial charge in [-0.05, 0) is 81.2 Å². The zero-order valence-electron chi connectivity index (χ0n) is 59.1. The summed E-state index contributed by atoms with van der Waals surface area (Å²) in [4.78, 5) is 27.4. The predicted octanol–water partition coefficient (Wildman–Crippen LogP) is 11.2. The first-order valence-electron chi connectivity index (χ1n) is 25.7. The van der Waals surface area contributed by atoms with E-state index in [4.69, 9.17) is 72.0 Å². The SMILES string of the molecule is C#CC(C)(C)O.CB(O)O.CB(O)O.CB(O)O.CC.CC.CC.CC.CC.CC.CC.CC(=O)O.CC=CC.CC=CC.CC=O.CCC.CCCC.CF.CO.COC(C)(F)F.COC(C)=O.COC(C)=S.OO.[B]=NS.[Na+].[OH-]. The number of nitrogens with zero attached hydrogens (tertiary/aromatic N) is 1. The topological polar surface area (TPSA) is 344 Å². The van der Waals surface area contributed by atoms with Gasteiger partial charge in [-0.25, -0.2) is 0 Å². The van der Waals surface area contributed by atoms with E-state index in [1.165, 1.54) is 60.7 Å². The molecule has 0 unspecified atom stereocenters. The number of halogens is 3. The molecule has 0 fully saturated rings. The van der Waals surface area contributed by atoms with Crippen molar-refractivity contribution in [1.29, 1.82) is 0 Å². The quantitative estimate of drug-likeness (QED) is 0.0141. The number of esters is 1. The number of allylic oxidation sites excluding steroid dienone is 4. The number of aliphatic hydroxyl groups is 2. The molecule has 0 aromatic heterocycles. The predicted molar refractivity (Wildman–Crippen MR) is 355 cm³/mol. The zero-order chi connectivity index (χ0) is 71.7. The number of carbonyl (C=O) groups excluding carboxylic acids is 2. The van der Waals surface area contributed by atoms with Gasteiger partial charge in [0.05, 0.1) is 21.4 Å². The number of carboxylic acids is 1. The van der Waals surface area contributed by atoms with E-state index in [9.17, 15) is 18.0 Å². The van der Waals surface area contributed by atoms with Gasteiger partial charge >= 0.3 is 87.7 Å². The number of hydrogen-bond acceptors (Lipinski definition) is 20. The smallest absolute Gasteiger partial charge is 0.870 e. The fourth-order valence-corrected chi connectivity index (χ4v) is 0. The number of carboxylic acid groups (broad SMARTS) is 1. The molecule has 0 aromatic carbocycles.